The molecule has 0 aromatic rings. The summed E-state index contributed by atoms with van der Waals surface area (Å²) < 4.78 is 9.54. The molecule has 1 aliphatic heterocycles. The van der Waals surface area contributed by atoms with Gasteiger partial charge in [0, 0.05) is 12.5 Å². The van der Waals surface area contributed by atoms with Crippen molar-refractivity contribution >= 4 is 12.1 Å². The number of hydrogen-bond donors (Lipinski definition) is 2. The second-order valence-corrected chi connectivity index (χ2v) is 3.43. The molecule has 0 aromatic carbocycles. The third-order valence-corrected chi connectivity index (χ3v) is 2.39. The van der Waals surface area contributed by atoms with Gasteiger partial charge in [0.15, 0.2) is 0 Å². The van der Waals surface area contributed by atoms with Crippen LogP contribution in [0.1, 0.15) is 12.8 Å². The van der Waals surface area contributed by atoms with E-state index in [1.54, 1.807) is 0 Å². The third-order valence-electron chi connectivity index (χ3n) is 2.39. The van der Waals surface area contributed by atoms with Crippen molar-refractivity contribution < 1.29 is 24.2 Å². The molecule has 1 rings (SSSR count). The first-order valence-electron chi connectivity index (χ1n) is 4.80. The zero-order valence-electron chi connectivity index (χ0n) is 8.56. The van der Waals surface area contributed by atoms with Crippen LogP contribution in [0.25, 0.3) is 0 Å². The Bertz CT molecular complexity index is 237. The van der Waals surface area contributed by atoms with Crippen LogP contribution >= 0.6 is 0 Å². The lowest BCUT2D eigenvalue weighted by Crippen LogP contribution is -2.48. The number of aliphatic carboxylic acids is 1. The average molecular weight is 217 g/mol. The van der Waals surface area contributed by atoms with E-state index < -0.39 is 18.1 Å². The van der Waals surface area contributed by atoms with E-state index in [4.69, 9.17) is 9.84 Å². The molecule has 2 N–H and O–H groups in total. The van der Waals surface area contributed by atoms with Crippen LogP contribution in [0.3, 0.4) is 0 Å². The number of carbonyl (C=O) groups excluding carboxylic acids is 1. The first-order valence-corrected chi connectivity index (χ1v) is 4.80. The Labute approximate surface area is 87.5 Å². The van der Waals surface area contributed by atoms with Gasteiger partial charge in [0.25, 0.3) is 0 Å². The van der Waals surface area contributed by atoms with Crippen molar-refractivity contribution in [2.24, 2.45) is 5.92 Å². The van der Waals surface area contributed by atoms with Crippen LogP contribution in [-0.2, 0) is 14.3 Å². The molecule has 1 amide bonds. The Hall–Kier alpha value is -1.30. The summed E-state index contributed by atoms with van der Waals surface area (Å²) in [5.41, 5.74) is 0. The Kier molecular flexibility index (Phi) is 4.36. The van der Waals surface area contributed by atoms with E-state index in [2.05, 4.69) is 10.1 Å². The smallest absolute Gasteiger partial charge is 0.407 e. The van der Waals surface area contributed by atoms with Crippen LogP contribution in [0.5, 0.6) is 0 Å². The highest BCUT2D eigenvalue weighted by molar-refractivity contribution is 5.80. The Morgan fingerprint density at radius 3 is 2.80 bits per heavy atom. The predicted molar refractivity (Wildman–Crippen MR) is 50.5 cm³/mol. The summed E-state index contributed by atoms with van der Waals surface area (Å²) in [6.45, 7) is 1.02. The van der Waals surface area contributed by atoms with Crippen molar-refractivity contribution in [3.05, 3.63) is 0 Å². The van der Waals surface area contributed by atoms with Crippen molar-refractivity contribution in [3.63, 3.8) is 0 Å². The SMILES string of the molecule is COC(=O)NC(C(=O)O)[C@@H]1CCCOC1. The maximum Gasteiger partial charge on any atom is 0.407 e. The fourth-order valence-corrected chi connectivity index (χ4v) is 1.60. The zero-order valence-corrected chi connectivity index (χ0v) is 8.56. The van der Waals surface area contributed by atoms with Gasteiger partial charge in [0.1, 0.15) is 6.04 Å². The standard InChI is InChI=1S/C9H15NO5/c1-14-9(13)10-7(8(11)12)6-3-2-4-15-5-6/h6-7H,2-5H2,1H3,(H,10,13)(H,11,12)/t6-,7?/m1/s1. The van der Waals surface area contributed by atoms with Crippen molar-refractivity contribution in [1.82, 2.24) is 5.32 Å². The van der Waals surface area contributed by atoms with Crippen LogP contribution < -0.4 is 5.32 Å². The van der Waals surface area contributed by atoms with E-state index >= 15 is 0 Å². The highest BCUT2D eigenvalue weighted by Gasteiger charge is 2.31. The number of carbonyl (C=O) groups is 2. The van der Waals surface area contributed by atoms with Gasteiger partial charge < -0.3 is 19.9 Å². The number of amides is 1. The van der Waals surface area contributed by atoms with E-state index in [0.29, 0.717) is 13.2 Å². The maximum atomic E-state index is 10.9. The van der Waals surface area contributed by atoms with Gasteiger partial charge in [-0.15, -0.1) is 0 Å². The molecule has 0 saturated carbocycles. The van der Waals surface area contributed by atoms with Crippen LogP contribution in [-0.4, -0.2) is 43.5 Å². The van der Waals surface area contributed by atoms with Gasteiger partial charge in [-0.2, -0.15) is 0 Å². The molecule has 1 fully saturated rings. The van der Waals surface area contributed by atoms with Gasteiger partial charge >= 0.3 is 12.1 Å². The molecule has 0 aromatic heterocycles. The van der Waals surface area contributed by atoms with Gasteiger partial charge in [0.05, 0.1) is 13.7 Å². The number of ether oxygens (including phenoxy) is 2. The number of carboxylic acids is 1. The van der Waals surface area contributed by atoms with Gasteiger partial charge in [-0.25, -0.2) is 9.59 Å². The molecule has 2 atom stereocenters. The second kappa shape index (κ2) is 5.55. The molecule has 1 unspecified atom stereocenters. The first kappa shape index (κ1) is 11.8. The Morgan fingerprint density at radius 2 is 2.33 bits per heavy atom. The van der Waals surface area contributed by atoms with Crippen molar-refractivity contribution in [2.75, 3.05) is 20.3 Å². The van der Waals surface area contributed by atoms with Crippen molar-refractivity contribution in [1.29, 1.82) is 0 Å². The van der Waals surface area contributed by atoms with E-state index in [0.717, 1.165) is 12.8 Å². The van der Waals surface area contributed by atoms with Gasteiger partial charge in [-0.05, 0) is 12.8 Å². The number of alkyl carbamates (subject to hydrolysis) is 1. The third kappa shape index (κ3) is 3.39. The highest BCUT2D eigenvalue weighted by Crippen LogP contribution is 2.17. The Morgan fingerprint density at radius 1 is 1.60 bits per heavy atom. The molecule has 0 spiro atoms. The number of nitrogens with one attached hydrogen (secondary N) is 1. The molecular weight excluding hydrogens is 202 g/mol. The molecule has 15 heavy (non-hydrogen) atoms. The largest absolute Gasteiger partial charge is 0.480 e. The fraction of sp³-hybridized carbons (Fsp3) is 0.778. The van der Waals surface area contributed by atoms with Crippen LogP contribution in [0.4, 0.5) is 4.79 Å². The fourth-order valence-electron chi connectivity index (χ4n) is 1.60. The van der Waals surface area contributed by atoms with Gasteiger partial charge in [0.2, 0.25) is 0 Å². The molecule has 1 heterocycles. The van der Waals surface area contributed by atoms with Crippen LogP contribution in [0, 0.1) is 5.92 Å². The number of methoxy groups -OCH3 is 1. The van der Waals surface area contributed by atoms with Crippen molar-refractivity contribution in [2.45, 2.75) is 18.9 Å². The van der Waals surface area contributed by atoms with Crippen LogP contribution in [0.15, 0.2) is 0 Å². The summed E-state index contributed by atoms with van der Waals surface area (Å²) in [5.74, 6) is -1.24. The molecule has 6 nitrogen and oxygen atoms in total. The minimum atomic E-state index is -1.06. The predicted octanol–water partition coefficient (Wildman–Crippen LogP) is 0.222. The highest BCUT2D eigenvalue weighted by atomic mass is 16.5. The average Bonchev–Trinajstić information content (AvgIpc) is 2.26. The lowest BCUT2D eigenvalue weighted by Gasteiger charge is -2.27. The van der Waals surface area contributed by atoms with Crippen LogP contribution in [0.2, 0.25) is 0 Å². The van der Waals surface area contributed by atoms with Crippen molar-refractivity contribution in [3.8, 4) is 0 Å². The maximum absolute atomic E-state index is 10.9. The van der Waals surface area contributed by atoms with Gasteiger partial charge in [-0.1, -0.05) is 0 Å². The van der Waals surface area contributed by atoms with E-state index in [1.807, 2.05) is 0 Å². The lowest BCUT2D eigenvalue weighted by atomic mass is 9.94. The summed E-state index contributed by atoms with van der Waals surface area (Å²) in [5, 5.41) is 11.2. The minimum Gasteiger partial charge on any atom is -0.480 e. The number of hydrogen-bond acceptors (Lipinski definition) is 4. The summed E-state index contributed by atoms with van der Waals surface area (Å²) in [6.07, 6.45) is 0.825. The first-order chi connectivity index (χ1) is 7.15. The number of rotatable bonds is 3. The summed E-state index contributed by atoms with van der Waals surface area (Å²) >= 11 is 0. The molecule has 0 radical (unpaired) electrons. The van der Waals surface area contributed by atoms with Gasteiger partial charge in [-0.3, -0.25) is 0 Å². The molecular formula is C9H15NO5. The molecule has 0 bridgehead atoms. The lowest BCUT2D eigenvalue weighted by molar-refractivity contribution is -0.142. The summed E-state index contributed by atoms with van der Waals surface area (Å²) in [4.78, 5) is 21.9. The van der Waals surface area contributed by atoms with E-state index in [9.17, 15) is 9.59 Å². The second-order valence-electron chi connectivity index (χ2n) is 3.43. The topological polar surface area (TPSA) is 84.9 Å². The molecule has 1 aliphatic rings. The quantitative estimate of drug-likeness (QED) is 0.706. The monoisotopic (exact) mass is 217 g/mol. The normalized spacial score (nSPS) is 22.9. The molecule has 0 aliphatic carbocycles. The zero-order chi connectivity index (χ0) is 11.3. The van der Waals surface area contributed by atoms with E-state index in [-0.39, 0.29) is 5.92 Å². The summed E-state index contributed by atoms with van der Waals surface area (Å²) in [6, 6.07) is -0.933. The molecule has 86 valence electrons. The summed E-state index contributed by atoms with van der Waals surface area (Å²) in [7, 11) is 1.20. The van der Waals surface area contributed by atoms with E-state index in [1.165, 1.54) is 7.11 Å². The number of carboxylic acid groups (broad SMARTS) is 1. The molecule has 6 heteroatoms. The molecule has 1 saturated heterocycles. The Balaban J connectivity index is 2.55. The minimum absolute atomic E-state index is 0.185.